The van der Waals surface area contributed by atoms with E-state index in [9.17, 15) is 9.59 Å². The number of anilines is 1. The summed E-state index contributed by atoms with van der Waals surface area (Å²) in [5, 5.41) is 2.92. The fourth-order valence-electron chi connectivity index (χ4n) is 3.02. The summed E-state index contributed by atoms with van der Waals surface area (Å²) in [6.07, 6.45) is 1.90. The van der Waals surface area contributed by atoms with Gasteiger partial charge < -0.3 is 9.30 Å². The first-order chi connectivity index (χ1) is 13.6. The van der Waals surface area contributed by atoms with Crippen molar-refractivity contribution < 1.29 is 14.3 Å². The molecule has 1 N–H and O–H groups in total. The summed E-state index contributed by atoms with van der Waals surface area (Å²) in [5.74, 6) is 1.23. The molecule has 0 saturated heterocycles. The van der Waals surface area contributed by atoms with Gasteiger partial charge in [-0.1, -0.05) is 19.1 Å². The molecule has 6 heteroatoms. The van der Waals surface area contributed by atoms with Crippen molar-refractivity contribution in [1.82, 2.24) is 9.55 Å². The predicted octanol–water partition coefficient (Wildman–Crippen LogP) is 4.45. The molecule has 0 aliphatic carbocycles. The number of fused-ring (bicyclic) bond motifs is 1. The normalized spacial score (nSPS) is 10.8. The average Bonchev–Trinajstić information content (AvgIpc) is 3.03. The van der Waals surface area contributed by atoms with E-state index in [1.807, 2.05) is 28.8 Å². The van der Waals surface area contributed by atoms with Crippen LogP contribution in [0.5, 0.6) is 5.75 Å². The van der Waals surface area contributed by atoms with E-state index in [1.165, 1.54) is 6.92 Å². The molecular formula is C22H25N3O3. The molecule has 0 aliphatic rings. The molecule has 2 aromatic carbocycles. The summed E-state index contributed by atoms with van der Waals surface area (Å²) >= 11 is 0. The van der Waals surface area contributed by atoms with E-state index in [-0.39, 0.29) is 11.7 Å². The fourth-order valence-corrected chi connectivity index (χ4v) is 3.02. The van der Waals surface area contributed by atoms with Gasteiger partial charge in [0, 0.05) is 18.5 Å². The molecule has 3 aromatic rings. The van der Waals surface area contributed by atoms with Crippen LogP contribution in [0.4, 0.5) is 5.95 Å². The number of Topliss-reactive ketones (excluding diaryl/α,β-unsaturated/α-hetero) is 1. The molecule has 0 radical (unpaired) electrons. The van der Waals surface area contributed by atoms with Crippen LogP contribution in [-0.4, -0.2) is 27.8 Å². The first-order valence-corrected chi connectivity index (χ1v) is 9.57. The molecular weight excluding hydrogens is 354 g/mol. The molecule has 0 saturated carbocycles. The number of aryl methyl sites for hydroxylation is 1. The number of carbonyl (C=O) groups is 2. The highest BCUT2D eigenvalue weighted by Crippen LogP contribution is 2.20. The maximum Gasteiger partial charge on any atom is 0.226 e. The van der Waals surface area contributed by atoms with Crippen LogP contribution in [0.3, 0.4) is 0 Å². The first-order valence-electron chi connectivity index (χ1n) is 9.57. The maximum atomic E-state index is 12.3. The molecule has 3 rings (SSSR count). The number of hydrogen-bond donors (Lipinski definition) is 1. The van der Waals surface area contributed by atoms with Gasteiger partial charge >= 0.3 is 0 Å². The standard InChI is InChI=1S/C22H25N3O3/c1-3-14-25-20-8-5-4-7-19(20)23-22(25)24-21(27)9-6-15-28-18-12-10-17(11-13-18)16(2)26/h4-5,7-8,10-13H,3,6,9,14-15H2,1-2H3,(H,23,24,27). The number of carbonyl (C=O) groups excluding carboxylic acids is 2. The second kappa shape index (κ2) is 9.17. The van der Waals surface area contributed by atoms with Gasteiger partial charge in [-0.3, -0.25) is 14.9 Å². The minimum Gasteiger partial charge on any atom is -0.494 e. The van der Waals surface area contributed by atoms with Gasteiger partial charge in [-0.05, 0) is 56.2 Å². The monoisotopic (exact) mass is 379 g/mol. The Hall–Kier alpha value is -3.15. The Kier molecular flexibility index (Phi) is 6.42. The molecule has 0 aliphatic heterocycles. The molecule has 28 heavy (non-hydrogen) atoms. The number of rotatable bonds is 9. The Balaban J connectivity index is 1.51. The molecule has 1 heterocycles. The number of nitrogens with one attached hydrogen (secondary N) is 1. The van der Waals surface area contributed by atoms with E-state index in [2.05, 4.69) is 17.2 Å². The van der Waals surface area contributed by atoms with Crippen LogP contribution < -0.4 is 10.1 Å². The number of imidazole rings is 1. The number of para-hydroxylation sites is 2. The molecule has 1 amide bonds. The van der Waals surface area contributed by atoms with Gasteiger partial charge in [0.2, 0.25) is 11.9 Å². The van der Waals surface area contributed by atoms with Crippen LogP contribution in [0.15, 0.2) is 48.5 Å². The summed E-state index contributed by atoms with van der Waals surface area (Å²) in [4.78, 5) is 28.1. The molecule has 0 atom stereocenters. The summed E-state index contributed by atoms with van der Waals surface area (Å²) in [5.41, 5.74) is 2.56. The number of ether oxygens (including phenoxy) is 1. The maximum absolute atomic E-state index is 12.3. The van der Waals surface area contributed by atoms with Gasteiger partial charge in [0.1, 0.15) is 5.75 Å². The molecule has 0 unspecified atom stereocenters. The van der Waals surface area contributed by atoms with Gasteiger partial charge in [0.15, 0.2) is 5.78 Å². The lowest BCUT2D eigenvalue weighted by Crippen LogP contribution is -2.16. The highest BCUT2D eigenvalue weighted by atomic mass is 16.5. The van der Waals surface area contributed by atoms with Crippen molar-refractivity contribution >= 4 is 28.7 Å². The lowest BCUT2D eigenvalue weighted by atomic mass is 10.1. The summed E-state index contributed by atoms with van der Waals surface area (Å²) in [7, 11) is 0. The lowest BCUT2D eigenvalue weighted by Gasteiger charge is -2.09. The Labute approximate surface area is 164 Å². The van der Waals surface area contributed by atoms with Crippen LogP contribution in [0.1, 0.15) is 43.5 Å². The Morgan fingerprint density at radius 3 is 2.57 bits per heavy atom. The van der Waals surface area contributed by atoms with Crippen LogP contribution in [0.2, 0.25) is 0 Å². The van der Waals surface area contributed by atoms with Crippen molar-refractivity contribution in [2.45, 2.75) is 39.7 Å². The third-order valence-corrected chi connectivity index (χ3v) is 4.43. The van der Waals surface area contributed by atoms with Gasteiger partial charge in [-0.15, -0.1) is 0 Å². The number of hydrogen-bond acceptors (Lipinski definition) is 4. The van der Waals surface area contributed by atoms with Crippen LogP contribution in [0, 0.1) is 0 Å². The summed E-state index contributed by atoms with van der Waals surface area (Å²) in [6.45, 7) is 4.86. The number of ketones is 1. The Morgan fingerprint density at radius 1 is 1.11 bits per heavy atom. The van der Waals surface area contributed by atoms with Gasteiger partial charge in [0.05, 0.1) is 17.6 Å². The second-order valence-electron chi connectivity index (χ2n) is 6.66. The van der Waals surface area contributed by atoms with E-state index in [0.717, 1.165) is 24.0 Å². The third kappa shape index (κ3) is 4.76. The topological polar surface area (TPSA) is 73.2 Å². The Morgan fingerprint density at radius 2 is 1.86 bits per heavy atom. The van der Waals surface area contributed by atoms with Crippen molar-refractivity contribution in [1.29, 1.82) is 0 Å². The SMILES string of the molecule is CCCn1c(NC(=O)CCCOc2ccc(C(C)=O)cc2)nc2ccccc21. The van der Waals surface area contributed by atoms with Crippen LogP contribution in [-0.2, 0) is 11.3 Å². The summed E-state index contributed by atoms with van der Waals surface area (Å²) in [6, 6.07) is 14.9. The van der Waals surface area contributed by atoms with Crippen LogP contribution in [0.25, 0.3) is 11.0 Å². The zero-order valence-electron chi connectivity index (χ0n) is 16.3. The van der Waals surface area contributed by atoms with E-state index in [4.69, 9.17) is 4.74 Å². The van der Waals surface area contributed by atoms with E-state index < -0.39 is 0 Å². The molecule has 0 bridgehead atoms. The second-order valence-corrected chi connectivity index (χ2v) is 6.66. The fraction of sp³-hybridized carbons (Fsp3) is 0.318. The summed E-state index contributed by atoms with van der Waals surface area (Å²) < 4.78 is 7.68. The number of benzene rings is 2. The molecule has 1 aromatic heterocycles. The van der Waals surface area contributed by atoms with E-state index >= 15 is 0 Å². The van der Waals surface area contributed by atoms with Crippen molar-refractivity contribution in [2.75, 3.05) is 11.9 Å². The molecule has 0 spiro atoms. The number of nitrogens with zero attached hydrogens (tertiary/aromatic N) is 2. The van der Waals surface area contributed by atoms with Crippen molar-refractivity contribution in [3.05, 3.63) is 54.1 Å². The lowest BCUT2D eigenvalue weighted by molar-refractivity contribution is -0.116. The number of amides is 1. The van der Waals surface area contributed by atoms with Gasteiger partial charge in [-0.25, -0.2) is 4.98 Å². The van der Waals surface area contributed by atoms with Gasteiger partial charge in [0.25, 0.3) is 0 Å². The van der Waals surface area contributed by atoms with Crippen molar-refractivity contribution in [3.8, 4) is 5.75 Å². The smallest absolute Gasteiger partial charge is 0.226 e. The van der Waals surface area contributed by atoms with Crippen molar-refractivity contribution in [2.24, 2.45) is 0 Å². The van der Waals surface area contributed by atoms with Crippen LogP contribution >= 0.6 is 0 Å². The van der Waals surface area contributed by atoms with E-state index in [1.54, 1.807) is 24.3 Å². The molecule has 6 nitrogen and oxygen atoms in total. The Bertz CT molecular complexity index is 961. The third-order valence-electron chi connectivity index (χ3n) is 4.43. The average molecular weight is 379 g/mol. The quantitative estimate of drug-likeness (QED) is 0.440. The zero-order valence-corrected chi connectivity index (χ0v) is 16.3. The zero-order chi connectivity index (χ0) is 19.9. The largest absolute Gasteiger partial charge is 0.494 e. The number of aromatic nitrogens is 2. The highest BCUT2D eigenvalue weighted by Gasteiger charge is 2.12. The minimum atomic E-state index is -0.0804. The predicted molar refractivity (Wildman–Crippen MR) is 110 cm³/mol. The van der Waals surface area contributed by atoms with Crippen molar-refractivity contribution in [3.63, 3.8) is 0 Å². The van der Waals surface area contributed by atoms with Gasteiger partial charge in [-0.2, -0.15) is 0 Å². The molecule has 146 valence electrons. The minimum absolute atomic E-state index is 0.0253. The molecule has 0 fully saturated rings. The first kappa shape index (κ1) is 19.6. The van der Waals surface area contributed by atoms with E-state index in [0.29, 0.717) is 36.7 Å². The highest BCUT2D eigenvalue weighted by molar-refractivity contribution is 5.94.